The van der Waals surface area contributed by atoms with Crippen LogP contribution in [0.2, 0.25) is 0 Å². The molecule has 1 aliphatic rings. The number of carbonyl (C=O) groups is 1. The van der Waals surface area contributed by atoms with Gasteiger partial charge in [0.05, 0.1) is 27.2 Å². The second-order valence-electron chi connectivity index (χ2n) is 6.55. The lowest BCUT2D eigenvalue weighted by Crippen LogP contribution is -2.38. The molecule has 0 spiro atoms. The fourth-order valence-corrected chi connectivity index (χ4v) is 3.15. The Labute approximate surface area is 121 Å². The summed E-state index contributed by atoms with van der Waals surface area (Å²) < 4.78 is 0.777. The molecule has 1 aromatic rings. The molecular formula is C16H25N2O2+. The monoisotopic (exact) mass is 277 g/mol. The molecule has 0 bridgehead atoms. The predicted molar refractivity (Wildman–Crippen MR) is 82.1 cm³/mol. The first-order valence-corrected chi connectivity index (χ1v) is 7.23. The highest BCUT2D eigenvalue weighted by Gasteiger charge is 2.28. The molecule has 4 heteroatoms. The van der Waals surface area contributed by atoms with Crippen LogP contribution in [0.5, 0.6) is 0 Å². The van der Waals surface area contributed by atoms with Gasteiger partial charge in [-0.25, -0.2) is 4.79 Å². The van der Waals surface area contributed by atoms with E-state index >= 15 is 0 Å². The second kappa shape index (κ2) is 5.44. The van der Waals surface area contributed by atoms with E-state index in [0.717, 1.165) is 29.3 Å². The van der Waals surface area contributed by atoms with Crippen molar-refractivity contribution in [2.45, 2.75) is 32.2 Å². The Hall–Kier alpha value is -1.55. The lowest BCUT2D eigenvalue weighted by molar-refractivity contribution is 0.106. The van der Waals surface area contributed by atoms with Crippen LogP contribution in [0.25, 0.3) is 0 Å². The quantitative estimate of drug-likeness (QED) is 0.842. The van der Waals surface area contributed by atoms with E-state index in [1.807, 2.05) is 0 Å². The second-order valence-corrected chi connectivity index (χ2v) is 6.55. The normalized spacial score (nSPS) is 20.0. The zero-order chi connectivity index (χ0) is 14.9. The highest BCUT2D eigenvalue weighted by Crippen LogP contribution is 2.33. The molecule has 1 heterocycles. The molecule has 1 atom stereocenters. The molecule has 1 saturated heterocycles. The van der Waals surface area contributed by atoms with Crippen LogP contribution in [-0.4, -0.2) is 43.8 Å². The highest BCUT2D eigenvalue weighted by molar-refractivity contribution is 5.66. The number of rotatable bonds is 2. The minimum Gasteiger partial charge on any atom is -0.465 e. The summed E-state index contributed by atoms with van der Waals surface area (Å²) in [6.07, 6.45) is 2.20. The van der Waals surface area contributed by atoms with Crippen molar-refractivity contribution in [1.29, 1.82) is 0 Å². The van der Waals surface area contributed by atoms with Crippen LogP contribution in [0.4, 0.5) is 10.5 Å². The van der Waals surface area contributed by atoms with Gasteiger partial charge in [-0.3, -0.25) is 4.48 Å². The largest absolute Gasteiger partial charge is 0.465 e. The van der Waals surface area contributed by atoms with Crippen LogP contribution < -0.4 is 4.48 Å². The van der Waals surface area contributed by atoms with E-state index in [-0.39, 0.29) is 6.04 Å². The molecular weight excluding hydrogens is 252 g/mol. The van der Waals surface area contributed by atoms with E-state index in [9.17, 15) is 9.90 Å². The van der Waals surface area contributed by atoms with Gasteiger partial charge in [-0.05, 0) is 43.9 Å². The van der Waals surface area contributed by atoms with E-state index < -0.39 is 6.09 Å². The Kier molecular flexibility index (Phi) is 4.04. The van der Waals surface area contributed by atoms with Gasteiger partial charge in [-0.2, -0.15) is 0 Å². The molecule has 1 amide bonds. The maximum absolute atomic E-state index is 11.4. The van der Waals surface area contributed by atoms with Crippen molar-refractivity contribution in [3.8, 4) is 0 Å². The number of aryl methyl sites for hydroxylation is 1. The third kappa shape index (κ3) is 2.96. The van der Waals surface area contributed by atoms with E-state index in [4.69, 9.17) is 0 Å². The summed E-state index contributed by atoms with van der Waals surface area (Å²) in [5, 5.41) is 9.35. The number of amides is 1. The average molecular weight is 277 g/mol. The van der Waals surface area contributed by atoms with Crippen LogP contribution in [0, 0.1) is 6.92 Å². The SMILES string of the molecule is Cc1cc(C2CCCCN2C(=O)O)ccc1[N+](C)(C)C. The van der Waals surface area contributed by atoms with Crippen LogP contribution in [0.3, 0.4) is 0 Å². The Bertz CT molecular complexity index is 506. The number of hydrogen-bond acceptors (Lipinski definition) is 1. The third-order valence-electron chi connectivity index (χ3n) is 4.08. The summed E-state index contributed by atoms with van der Waals surface area (Å²) in [6, 6.07) is 6.41. The molecule has 1 aliphatic heterocycles. The standard InChI is InChI=1S/C16H24N2O2/c1-12-11-13(8-9-15(12)18(2,3)4)14-7-5-6-10-17(14)16(19)20/h8-9,11,14H,5-7,10H2,1-4H3/p+1. The Balaban J connectivity index is 2.33. The number of likely N-dealkylation sites (tertiary alicyclic amines) is 1. The number of carboxylic acid groups (broad SMARTS) is 1. The fourth-order valence-electron chi connectivity index (χ4n) is 3.15. The smallest absolute Gasteiger partial charge is 0.407 e. The van der Waals surface area contributed by atoms with Crippen LogP contribution in [0.15, 0.2) is 18.2 Å². The maximum Gasteiger partial charge on any atom is 0.407 e. The lowest BCUT2D eigenvalue weighted by atomic mass is 9.94. The minimum absolute atomic E-state index is 0.0152. The maximum atomic E-state index is 11.4. The van der Waals surface area contributed by atoms with E-state index in [0.29, 0.717) is 6.54 Å². The van der Waals surface area contributed by atoms with Gasteiger partial charge in [0.15, 0.2) is 0 Å². The predicted octanol–water partition coefficient (Wildman–Crippen LogP) is 3.40. The summed E-state index contributed by atoms with van der Waals surface area (Å²) in [5.74, 6) is 0. The Morgan fingerprint density at radius 2 is 2.00 bits per heavy atom. The number of hydrogen-bond donors (Lipinski definition) is 1. The van der Waals surface area contributed by atoms with Crippen LogP contribution in [-0.2, 0) is 0 Å². The van der Waals surface area contributed by atoms with Crippen molar-refractivity contribution < 1.29 is 9.90 Å². The van der Waals surface area contributed by atoms with Gasteiger partial charge in [0.25, 0.3) is 0 Å². The first-order valence-electron chi connectivity index (χ1n) is 7.23. The summed E-state index contributed by atoms with van der Waals surface area (Å²) in [7, 11) is 6.44. The molecule has 110 valence electrons. The number of piperidine rings is 1. The average Bonchev–Trinajstić information content (AvgIpc) is 2.37. The first kappa shape index (κ1) is 14.9. The van der Waals surface area contributed by atoms with Gasteiger partial charge in [0.1, 0.15) is 5.69 Å². The van der Waals surface area contributed by atoms with Crippen LogP contribution >= 0.6 is 0 Å². The van der Waals surface area contributed by atoms with Crippen molar-refractivity contribution in [1.82, 2.24) is 9.38 Å². The minimum atomic E-state index is -0.803. The molecule has 0 aromatic heterocycles. The molecule has 20 heavy (non-hydrogen) atoms. The van der Waals surface area contributed by atoms with Crippen molar-refractivity contribution in [3.63, 3.8) is 0 Å². The zero-order valence-electron chi connectivity index (χ0n) is 12.9. The van der Waals surface area contributed by atoms with Crippen molar-refractivity contribution >= 4 is 11.8 Å². The highest BCUT2D eigenvalue weighted by atomic mass is 16.4. The summed E-state index contributed by atoms with van der Waals surface area (Å²) in [6.45, 7) is 2.76. The van der Waals surface area contributed by atoms with E-state index in [1.165, 1.54) is 11.3 Å². The molecule has 4 nitrogen and oxygen atoms in total. The molecule has 0 radical (unpaired) electrons. The summed E-state index contributed by atoms with van der Waals surface area (Å²) in [5.41, 5.74) is 3.62. The first-order chi connectivity index (χ1) is 9.30. The van der Waals surface area contributed by atoms with Crippen molar-refractivity contribution in [2.24, 2.45) is 0 Å². The van der Waals surface area contributed by atoms with Gasteiger partial charge >= 0.3 is 6.09 Å². The molecule has 1 N–H and O–H groups in total. The zero-order valence-corrected chi connectivity index (χ0v) is 12.9. The molecule has 1 unspecified atom stereocenters. The molecule has 1 fully saturated rings. The van der Waals surface area contributed by atoms with Crippen molar-refractivity contribution in [3.05, 3.63) is 29.3 Å². The Morgan fingerprint density at radius 1 is 1.30 bits per heavy atom. The van der Waals surface area contributed by atoms with Gasteiger partial charge < -0.3 is 10.0 Å². The summed E-state index contributed by atoms with van der Waals surface area (Å²) >= 11 is 0. The molecule has 1 aromatic carbocycles. The number of nitrogens with zero attached hydrogens (tertiary/aromatic N) is 2. The van der Waals surface area contributed by atoms with E-state index in [1.54, 1.807) is 4.90 Å². The number of benzene rings is 1. The van der Waals surface area contributed by atoms with Gasteiger partial charge in [-0.15, -0.1) is 0 Å². The van der Waals surface area contributed by atoms with Gasteiger partial charge in [0.2, 0.25) is 0 Å². The third-order valence-corrected chi connectivity index (χ3v) is 4.08. The topological polar surface area (TPSA) is 40.5 Å². The van der Waals surface area contributed by atoms with Gasteiger partial charge in [-0.1, -0.05) is 6.07 Å². The molecule has 0 saturated carbocycles. The summed E-state index contributed by atoms with van der Waals surface area (Å²) in [4.78, 5) is 13.0. The Morgan fingerprint density at radius 3 is 2.55 bits per heavy atom. The van der Waals surface area contributed by atoms with E-state index in [2.05, 4.69) is 46.3 Å². The van der Waals surface area contributed by atoms with Crippen LogP contribution in [0.1, 0.15) is 36.4 Å². The fraction of sp³-hybridized carbons (Fsp3) is 0.562. The van der Waals surface area contributed by atoms with Crippen molar-refractivity contribution in [2.75, 3.05) is 27.7 Å². The van der Waals surface area contributed by atoms with Gasteiger partial charge in [0, 0.05) is 12.1 Å². The molecule has 0 aliphatic carbocycles. The molecule has 2 rings (SSSR count). The lowest BCUT2D eigenvalue weighted by Gasteiger charge is -2.34. The number of quaternary nitrogens is 1.